The van der Waals surface area contributed by atoms with Gasteiger partial charge in [0.15, 0.2) is 0 Å². The first-order chi connectivity index (χ1) is 12.7. The predicted octanol–water partition coefficient (Wildman–Crippen LogP) is 4.17. The molecule has 0 atom stereocenters. The summed E-state index contributed by atoms with van der Waals surface area (Å²) in [5.74, 6) is -0.334. The highest BCUT2D eigenvalue weighted by molar-refractivity contribution is 5.83. The Morgan fingerprint density at radius 3 is 2.23 bits per heavy atom. The fraction of sp³-hybridized carbons (Fsp3) is 0.0909. The van der Waals surface area contributed by atoms with Crippen molar-refractivity contribution >= 4 is 10.8 Å². The minimum Gasteiger partial charge on any atom is -0.267 e. The van der Waals surface area contributed by atoms with Gasteiger partial charge < -0.3 is 0 Å². The van der Waals surface area contributed by atoms with E-state index >= 15 is 0 Å². The van der Waals surface area contributed by atoms with Crippen LogP contribution < -0.4 is 5.56 Å². The van der Waals surface area contributed by atoms with E-state index in [2.05, 4.69) is 5.10 Å². The Morgan fingerprint density at radius 1 is 0.808 bits per heavy atom. The standard InChI is InChI=1S/C22H17FN2O/c23-20-13-7-4-10-17(20)15-25-22(26)19-12-6-5-11-18(19)21(24-25)14-16-8-2-1-3-9-16/h1-13H,14-15H2. The quantitative estimate of drug-likeness (QED) is 0.557. The molecule has 0 amide bonds. The molecule has 0 radical (unpaired) electrons. The molecule has 26 heavy (non-hydrogen) atoms. The molecule has 3 aromatic carbocycles. The lowest BCUT2D eigenvalue weighted by Crippen LogP contribution is -2.25. The van der Waals surface area contributed by atoms with Gasteiger partial charge in [0.2, 0.25) is 0 Å². The minimum atomic E-state index is -0.334. The molecular weight excluding hydrogens is 327 g/mol. The second-order valence-electron chi connectivity index (χ2n) is 6.21. The number of hydrogen-bond donors (Lipinski definition) is 0. The number of rotatable bonds is 4. The second kappa shape index (κ2) is 6.92. The van der Waals surface area contributed by atoms with E-state index in [1.54, 1.807) is 24.3 Å². The Kier molecular flexibility index (Phi) is 4.32. The van der Waals surface area contributed by atoms with Crippen LogP contribution in [0, 0.1) is 5.82 Å². The monoisotopic (exact) mass is 344 g/mol. The maximum atomic E-state index is 14.0. The minimum absolute atomic E-state index is 0.109. The molecule has 0 saturated carbocycles. The third-order valence-electron chi connectivity index (χ3n) is 4.44. The average molecular weight is 344 g/mol. The highest BCUT2D eigenvalue weighted by Crippen LogP contribution is 2.17. The van der Waals surface area contributed by atoms with E-state index in [1.165, 1.54) is 10.7 Å². The van der Waals surface area contributed by atoms with E-state index in [1.807, 2.05) is 48.5 Å². The van der Waals surface area contributed by atoms with Gasteiger partial charge in [0.05, 0.1) is 17.6 Å². The van der Waals surface area contributed by atoms with Crippen LogP contribution in [0.3, 0.4) is 0 Å². The lowest BCUT2D eigenvalue weighted by molar-refractivity contribution is 0.570. The third kappa shape index (κ3) is 3.14. The summed E-state index contributed by atoms with van der Waals surface area (Å²) < 4.78 is 15.4. The Morgan fingerprint density at radius 2 is 1.46 bits per heavy atom. The van der Waals surface area contributed by atoms with Crippen molar-refractivity contribution in [3.05, 3.63) is 112 Å². The van der Waals surface area contributed by atoms with Crippen LogP contribution in [-0.4, -0.2) is 9.78 Å². The summed E-state index contributed by atoms with van der Waals surface area (Å²) in [6, 6.07) is 23.9. The van der Waals surface area contributed by atoms with Crippen LogP contribution >= 0.6 is 0 Å². The zero-order valence-electron chi connectivity index (χ0n) is 14.1. The fourth-order valence-electron chi connectivity index (χ4n) is 3.12. The van der Waals surface area contributed by atoms with Crippen LogP contribution in [0.1, 0.15) is 16.8 Å². The summed E-state index contributed by atoms with van der Waals surface area (Å²) in [6.45, 7) is 0.109. The van der Waals surface area contributed by atoms with E-state index in [0.717, 1.165) is 16.6 Å². The molecule has 0 aliphatic rings. The summed E-state index contributed by atoms with van der Waals surface area (Å²) >= 11 is 0. The van der Waals surface area contributed by atoms with Gasteiger partial charge in [0.1, 0.15) is 5.82 Å². The largest absolute Gasteiger partial charge is 0.274 e. The molecule has 0 aliphatic carbocycles. The molecule has 0 spiro atoms. The Labute approximate surface area is 150 Å². The van der Waals surface area contributed by atoms with E-state index in [0.29, 0.717) is 17.4 Å². The van der Waals surface area contributed by atoms with Crippen molar-refractivity contribution in [2.24, 2.45) is 0 Å². The molecule has 4 rings (SSSR count). The number of benzene rings is 3. The Hall–Kier alpha value is -3.27. The van der Waals surface area contributed by atoms with Crippen LogP contribution in [0.5, 0.6) is 0 Å². The molecule has 0 saturated heterocycles. The summed E-state index contributed by atoms with van der Waals surface area (Å²) in [6.07, 6.45) is 0.610. The molecule has 4 aromatic rings. The zero-order valence-corrected chi connectivity index (χ0v) is 14.1. The van der Waals surface area contributed by atoms with Crippen molar-refractivity contribution in [1.29, 1.82) is 0 Å². The molecule has 0 bridgehead atoms. The van der Waals surface area contributed by atoms with E-state index in [9.17, 15) is 9.18 Å². The number of hydrogen-bond acceptors (Lipinski definition) is 2. The Bertz CT molecular complexity index is 1120. The van der Waals surface area contributed by atoms with Gasteiger partial charge in [-0.25, -0.2) is 9.07 Å². The van der Waals surface area contributed by atoms with Crippen LogP contribution in [0.2, 0.25) is 0 Å². The van der Waals surface area contributed by atoms with Crippen LogP contribution in [-0.2, 0) is 13.0 Å². The van der Waals surface area contributed by atoms with Gasteiger partial charge in [0, 0.05) is 17.4 Å². The molecular formula is C22H17FN2O. The fourth-order valence-corrected chi connectivity index (χ4v) is 3.12. The van der Waals surface area contributed by atoms with Crippen LogP contribution in [0.15, 0.2) is 83.7 Å². The first-order valence-electron chi connectivity index (χ1n) is 8.48. The van der Waals surface area contributed by atoms with E-state index < -0.39 is 0 Å². The van der Waals surface area contributed by atoms with Crippen LogP contribution in [0.25, 0.3) is 10.8 Å². The molecule has 1 heterocycles. The highest BCUT2D eigenvalue weighted by atomic mass is 19.1. The number of fused-ring (bicyclic) bond motifs is 1. The first-order valence-corrected chi connectivity index (χ1v) is 8.48. The molecule has 0 unspecified atom stereocenters. The van der Waals surface area contributed by atoms with Gasteiger partial charge in [0.25, 0.3) is 5.56 Å². The van der Waals surface area contributed by atoms with Gasteiger partial charge in [-0.3, -0.25) is 4.79 Å². The van der Waals surface area contributed by atoms with Crippen LogP contribution in [0.4, 0.5) is 4.39 Å². The van der Waals surface area contributed by atoms with Gasteiger partial charge >= 0.3 is 0 Å². The summed E-state index contributed by atoms with van der Waals surface area (Å²) in [5.41, 5.74) is 2.16. The van der Waals surface area contributed by atoms with Crippen molar-refractivity contribution in [3.63, 3.8) is 0 Å². The molecule has 4 heteroatoms. The number of halogens is 1. The summed E-state index contributed by atoms with van der Waals surface area (Å²) in [4.78, 5) is 12.8. The van der Waals surface area contributed by atoms with Crippen molar-refractivity contribution in [2.45, 2.75) is 13.0 Å². The average Bonchev–Trinajstić information content (AvgIpc) is 2.68. The van der Waals surface area contributed by atoms with Crippen molar-refractivity contribution in [3.8, 4) is 0 Å². The smallest absolute Gasteiger partial charge is 0.267 e. The van der Waals surface area contributed by atoms with Gasteiger partial charge in [-0.1, -0.05) is 66.7 Å². The normalized spacial score (nSPS) is 11.0. The molecule has 1 aromatic heterocycles. The summed E-state index contributed by atoms with van der Waals surface area (Å²) in [5, 5.41) is 6.01. The van der Waals surface area contributed by atoms with Gasteiger partial charge in [-0.15, -0.1) is 0 Å². The Balaban J connectivity index is 1.84. The topological polar surface area (TPSA) is 34.9 Å². The molecule has 0 aliphatic heterocycles. The lowest BCUT2D eigenvalue weighted by atomic mass is 10.0. The van der Waals surface area contributed by atoms with Crippen molar-refractivity contribution in [1.82, 2.24) is 9.78 Å². The molecule has 3 nitrogen and oxygen atoms in total. The molecule has 0 fully saturated rings. The SMILES string of the molecule is O=c1c2ccccc2c(Cc2ccccc2)nn1Cc1ccccc1F. The van der Waals surface area contributed by atoms with Crippen molar-refractivity contribution < 1.29 is 4.39 Å². The van der Waals surface area contributed by atoms with E-state index in [4.69, 9.17) is 0 Å². The highest BCUT2D eigenvalue weighted by Gasteiger charge is 2.12. The maximum absolute atomic E-state index is 14.0. The first kappa shape index (κ1) is 16.2. The predicted molar refractivity (Wildman–Crippen MR) is 101 cm³/mol. The molecule has 0 N–H and O–H groups in total. The number of nitrogens with zero attached hydrogens (tertiary/aromatic N) is 2. The third-order valence-corrected chi connectivity index (χ3v) is 4.44. The molecule has 128 valence electrons. The number of aromatic nitrogens is 2. The van der Waals surface area contributed by atoms with E-state index in [-0.39, 0.29) is 17.9 Å². The maximum Gasteiger partial charge on any atom is 0.274 e. The zero-order chi connectivity index (χ0) is 17.9. The van der Waals surface area contributed by atoms with Gasteiger partial charge in [-0.2, -0.15) is 5.10 Å². The van der Waals surface area contributed by atoms with Crippen molar-refractivity contribution in [2.75, 3.05) is 0 Å². The lowest BCUT2D eigenvalue weighted by Gasteiger charge is -2.12. The second-order valence-corrected chi connectivity index (χ2v) is 6.21. The van der Waals surface area contributed by atoms with Gasteiger partial charge in [-0.05, 0) is 17.7 Å². The summed E-state index contributed by atoms with van der Waals surface area (Å²) in [7, 11) is 0.